The van der Waals surface area contributed by atoms with Gasteiger partial charge in [0.25, 0.3) is 5.91 Å². The van der Waals surface area contributed by atoms with Crippen molar-refractivity contribution < 1.29 is 44.5 Å². The minimum atomic E-state index is -0.871. The molecule has 0 bridgehead atoms. The van der Waals surface area contributed by atoms with Gasteiger partial charge in [-0.25, -0.2) is 0 Å². The maximum atomic E-state index is 12.8. The zero-order valence-electron chi connectivity index (χ0n) is 16.6. The summed E-state index contributed by atoms with van der Waals surface area (Å²) < 4.78 is 0. The average molecular weight is 389 g/mol. The van der Waals surface area contributed by atoms with Gasteiger partial charge in [0.05, 0.1) is 6.04 Å². The van der Waals surface area contributed by atoms with Gasteiger partial charge < -0.3 is 21.4 Å². The topological polar surface area (TPSA) is 128 Å². The van der Waals surface area contributed by atoms with E-state index in [2.05, 4.69) is 17.4 Å². The minimum Gasteiger partial charge on any atom is -0.870 e. The Morgan fingerprint density at radius 2 is 1.59 bits per heavy atom. The first kappa shape index (κ1) is 26.4. The summed E-state index contributed by atoms with van der Waals surface area (Å²) in [5.74, 6) is -1.06. The van der Waals surface area contributed by atoms with Crippen molar-refractivity contribution in [2.45, 2.75) is 25.8 Å². The number of amides is 1. The van der Waals surface area contributed by atoms with Gasteiger partial charge in [0.1, 0.15) is 0 Å². The first-order valence-corrected chi connectivity index (χ1v) is 8.64. The van der Waals surface area contributed by atoms with Crippen LogP contribution < -0.4 is 24.2 Å². The van der Waals surface area contributed by atoms with Crippen LogP contribution in [-0.2, 0) is 11.2 Å². The third-order valence-corrected chi connectivity index (χ3v) is 4.51. The maximum absolute atomic E-state index is 12.8. The number of carbonyl (C=O) groups is 2. The van der Waals surface area contributed by atoms with Crippen LogP contribution in [0.4, 0.5) is 0 Å². The SMILES string of the molecule is CC(NC(=O)c1ccccc1CCC(=O)O)c1cccc2ccccc12.O.[Li+].[OH-]. The van der Waals surface area contributed by atoms with E-state index in [0.717, 1.165) is 21.9 Å². The number of hydrogen-bond acceptors (Lipinski definition) is 3. The van der Waals surface area contributed by atoms with E-state index in [1.54, 1.807) is 18.2 Å². The van der Waals surface area contributed by atoms with Crippen molar-refractivity contribution in [2.24, 2.45) is 0 Å². The summed E-state index contributed by atoms with van der Waals surface area (Å²) in [5.41, 5.74) is 2.33. The molecule has 6 nitrogen and oxygen atoms in total. The summed E-state index contributed by atoms with van der Waals surface area (Å²) in [6, 6.07) is 21.1. The number of carbonyl (C=O) groups excluding carboxylic acids is 1. The molecule has 3 aromatic rings. The van der Waals surface area contributed by atoms with Gasteiger partial charge in [-0.2, -0.15) is 0 Å². The Morgan fingerprint density at radius 3 is 2.31 bits per heavy atom. The molecule has 0 spiro atoms. The molecule has 7 heteroatoms. The molecule has 3 rings (SSSR count). The van der Waals surface area contributed by atoms with Gasteiger partial charge in [-0.3, -0.25) is 9.59 Å². The van der Waals surface area contributed by atoms with Crippen LogP contribution in [0.3, 0.4) is 0 Å². The quantitative estimate of drug-likeness (QED) is 0.590. The van der Waals surface area contributed by atoms with Crippen LogP contribution in [0.2, 0.25) is 0 Å². The van der Waals surface area contributed by atoms with E-state index in [9.17, 15) is 9.59 Å². The van der Waals surface area contributed by atoms with Crippen molar-refractivity contribution in [3.05, 3.63) is 83.4 Å². The van der Waals surface area contributed by atoms with Crippen molar-refractivity contribution in [3.63, 3.8) is 0 Å². The number of rotatable bonds is 6. The number of carboxylic acid groups (broad SMARTS) is 1. The Hall–Kier alpha value is -2.62. The van der Waals surface area contributed by atoms with Crippen LogP contribution in [0.15, 0.2) is 66.7 Å². The van der Waals surface area contributed by atoms with Crippen molar-refractivity contribution in [3.8, 4) is 0 Å². The number of nitrogens with one attached hydrogen (secondary N) is 1. The van der Waals surface area contributed by atoms with Crippen LogP contribution in [0.25, 0.3) is 10.8 Å². The maximum Gasteiger partial charge on any atom is 1.00 e. The normalized spacial score (nSPS) is 10.7. The fraction of sp³-hybridized carbons (Fsp3) is 0.182. The van der Waals surface area contributed by atoms with Gasteiger partial charge in [0, 0.05) is 12.0 Å². The Kier molecular flexibility index (Phi) is 11.0. The Labute approximate surface area is 181 Å². The average Bonchev–Trinajstić information content (AvgIpc) is 2.66. The second-order valence-electron chi connectivity index (χ2n) is 6.31. The summed E-state index contributed by atoms with van der Waals surface area (Å²) in [4.78, 5) is 23.6. The van der Waals surface area contributed by atoms with Crippen molar-refractivity contribution in [2.75, 3.05) is 0 Å². The van der Waals surface area contributed by atoms with Gasteiger partial charge in [0.2, 0.25) is 0 Å². The summed E-state index contributed by atoms with van der Waals surface area (Å²) in [6.45, 7) is 1.96. The standard InChI is InChI=1S/C22H21NO3.Li.2H2O/c1-15(18-12-6-9-16-7-2-4-10-19(16)18)23-22(26)20-11-5-3-8-17(20)13-14-21(24)25;;;/h2-12,15H,13-14H2,1H3,(H,23,26)(H,24,25);;2*1H2/q;+1;;/p-1. The summed E-state index contributed by atoms with van der Waals surface area (Å²) in [7, 11) is 0. The Bertz CT molecular complexity index is 955. The van der Waals surface area contributed by atoms with Crippen molar-refractivity contribution >= 4 is 22.6 Å². The van der Waals surface area contributed by atoms with Crippen LogP contribution in [0.5, 0.6) is 0 Å². The monoisotopic (exact) mass is 389 g/mol. The van der Waals surface area contributed by atoms with Gasteiger partial charge >= 0.3 is 24.8 Å². The van der Waals surface area contributed by atoms with Crippen LogP contribution >= 0.6 is 0 Å². The van der Waals surface area contributed by atoms with Crippen molar-refractivity contribution in [1.82, 2.24) is 5.32 Å². The van der Waals surface area contributed by atoms with E-state index in [1.165, 1.54) is 0 Å². The molecule has 0 aromatic heterocycles. The second-order valence-corrected chi connectivity index (χ2v) is 6.31. The molecule has 0 aliphatic carbocycles. The number of carboxylic acids is 1. The van der Waals surface area contributed by atoms with Gasteiger partial charge in [-0.05, 0) is 41.3 Å². The first-order chi connectivity index (χ1) is 12.6. The minimum absolute atomic E-state index is 0. The van der Waals surface area contributed by atoms with Gasteiger partial charge in [-0.15, -0.1) is 0 Å². The predicted molar refractivity (Wildman–Crippen MR) is 108 cm³/mol. The Balaban J connectivity index is 0.00000261. The number of aliphatic carboxylic acids is 1. The molecule has 1 amide bonds. The summed E-state index contributed by atoms with van der Waals surface area (Å²) in [6.07, 6.45) is 0.338. The fourth-order valence-electron chi connectivity index (χ4n) is 3.18. The number of fused-ring (bicyclic) bond motifs is 1. The molecule has 0 radical (unpaired) electrons. The van der Waals surface area contributed by atoms with Crippen LogP contribution in [0, 0.1) is 0 Å². The molecular formula is C22H24LiNO5. The molecule has 5 N–H and O–H groups in total. The molecule has 29 heavy (non-hydrogen) atoms. The van der Waals surface area contributed by atoms with Gasteiger partial charge in [-0.1, -0.05) is 60.7 Å². The molecular weight excluding hydrogens is 365 g/mol. The van der Waals surface area contributed by atoms with E-state index in [-0.39, 0.29) is 48.2 Å². The van der Waals surface area contributed by atoms with E-state index in [0.29, 0.717) is 12.0 Å². The molecule has 0 aliphatic heterocycles. The van der Waals surface area contributed by atoms with E-state index < -0.39 is 5.97 Å². The summed E-state index contributed by atoms with van der Waals surface area (Å²) >= 11 is 0. The second kappa shape index (κ2) is 12.0. The molecule has 1 unspecified atom stereocenters. The molecule has 148 valence electrons. The van der Waals surface area contributed by atoms with Gasteiger partial charge in [0.15, 0.2) is 0 Å². The number of benzene rings is 3. The number of aryl methyl sites for hydroxylation is 1. The molecule has 0 saturated heterocycles. The zero-order valence-corrected chi connectivity index (χ0v) is 16.6. The van der Waals surface area contributed by atoms with Crippen LogP contribution in [0.1, 0.15) is 40.9 Å². The molecule has 0 aliphatic rings. The third kappa shape index (κ3) is 6.45. The van der Waals surface area contributed by atoms with E-state index in [1.807, 2.05) is 43.3 Å². The smallest absolute Gasteiger partial charge is 0.870 e. The molecule has 0 fully saturated rings. The molecule has 0 saturated carbocycles. The van der Waals surface area contributed by atoms with Crippen molar-refractivity contribution in [1.29, 1.82) is 0 Å². The third-order valence-electron chi connectivity index (χ3n) is 4.51. The summed E-state index contributed by atoms with van der Waals surface area (Å²) in [5, 5.41) is 14.2. The van der Waals surface area contributed by atoms with Crippen LogP contribution in [-0.4, -0.2) is 27.9 Å². The van der Waals surface area contributed by atoms with E-state index in [4.69, 9.17) is 5.11 Å². The fourth-order valence-corrected chi connectivity index (χ4v) is 3.18. The van der Waals surface area contributed by atoms with E-state index >= 15 is 0 Å². The number of hydrogen-bond donors (Lipinski definition) is 2. The Morgan fingerprint density at radius 1 is 0.966 bits per heavy atom. The molecule has 3 aromatic carbocycles. The molecule has 1 atom stereocenters. The molecule has 0 heterocycles. The largest absolute Gasteiger partial charge is 1.00 e. The zero-order chi connectivity index (χ0) is 18.5. The predicted octanol–water partition coefficient (Wildman–Crippen LogP) is 0.351. The first-order valence-electron chi connectivity index (χ1n) is 8.64.